The van der Waals surface area contributed by atoms with Crippen LogP contribution in [0.5, 0.6) is 0 Å². The summed E-state index contributed by atoms with van der Waals surface area (Å²) in [6, 6.07) is 0. The minimum absolute atomic E-state index is 1.22. The van der Waals surface area contributed by atoms with E-state index in [9.17, 15) is 0 Å². The van der Waals surface area contributed by atoms with Gasteiger partial charge in [0.25, 0.3) is 0 Å². The first-order chi connectivity index (χ1) is 2.91. The zero-order chi connectivity index (χ0) is 4.83. The van der Waals surface area contributed by atoms with Crippen LogP contribution in [-0.2, 0) is 0 Å². The smallest absolute Gasteiger partial charge is 0.0698 e. The van der Waals surface area contributed by atoms with Crippen LogP contribution in [0.25, 0.3) is 0 Å². The average Bonchev–Trinajstić information content (AvgIpc) is 1.61. The molecule has 0 aliphatic heterocycles. The number of hydrogen-bond donors (Lipinski definition) is 0. The van der Waals surface area contributed by atoms with Crippen molar-refractivity contribution >= 4 is 30.8 Å². The van der Waals surface area contributed by atoms with Crippen LogP contribution in [0.3, 0.4) is 0 Å². The van der Waals surface area contributed by atoms with Gasteiger partial charge in [0.2, 0.25) is 0 Å². The summed E-state index contributed by atoms with van der Waals surface area (Å²) in [5.74, 6) is 1.25. The van der Waals surface area contributed by atoms with Gasteiger partial charge in [0, 0.05) is 16.0 Å². The van der Waals surface area contributed by atoms with Gasteiger partial charge in [0.05, 0.1) is 9.39 Å². The zero-order valence-electron chi connectivity index (χ0n) is 4.27. The SMILES string of the molecule is [SiH3]C=CCS[SiH3]. The summed E-state index contributed by atoms with van der Waals surface area (Å²) in [5, 5.41) is 0. The second-order valence-corrected chi connectivity index (χ2v) is 4.33. The van der Waals surface area contributed by atoms with Crippen LogP contribution >= 0.6 is 11.2 Å². The molecule has 0 bridgehead atoms. The average molecular weight is 134 g/mol. The number of hydrogen-bond acceptors (Lipinski definition) is 1. The second-order valence-electron chi connectivity index (χ2n) is 1.02. The van der Waals surface area contributed by atoms with Crippen molar-refractivity contribution in [1.29, 1.82) is 0 Å². The molecule has 0 spiro atoms. The lowest BCUT2D eigenvalue weighted by Gasteiger charge is -1.77. The van der Waals surface area contributed by atoms with Gasteiger partial charge in [-0.3, -0.25) is 0 Å². The largest absolute Gasteiger partial charge is 0.194 e. The molecule has 0 unspecified atom stereocenters. The molecule has 36 valence electrons. The molecule has 0 aliphatic carbocycles. The van der Waals surface area contributed by atoms with Crippen molar-refractivity contribution in [3.63, 3.8) is 0 Å². The molecule has 0 atom stereocenters. The van der Waals surface area contributed by atoms with E-state index < -0.39 is 0 Å². The normalized spacial score (nSPS) is 11.3. The maximum absolute atomic E-state index is 2.24. The molecule has 0 heterocycles. The molecule has 0 aromatic carbocycles. The van der Waals surface area contributed by atoms with Crippen molar-refractivity contribution < 1.29 is 0 Å². The van der Waals surface area contributed by atoms with Gasteiger partial charge in [0.1, 0.15) is 0 Å². The van der Waals surface area contributed by atoms with E-state index in [4.69, 9.17) is 0 Å². The van der Waals surface area contributed by atoms with Crippen LogP contribution in [0.4, 0.5) is 0 Å². The molecule has 0 fully saturated rings. The Morgan fingerprint density at radius 1 is 1.67 bits per heavy atom. The first-order valence-corrected chi connectivity index (χ1v) is 7.01. The van der Waals surface area contributed by atoms with Crippen molar-refractivity contribution in [3.05, 3.63) is 11.8 Å². The summed E-state index contributed by atoms with van der Waals surface area (Å²) in [6.07, 6.45) is 2.24. The van der Waals surface area contributed by atoms with Gasteiger partial charge in [-0.2, -0.15) is 11.2 Å². The Bertz CT molecular complexity index is 44.1. The minimum Gasteiger partial charge on any atom is -0.194 e. The van der Waals surface area contributed by atoms with Gasteiger partial charge >= 0.3 is 0 Å². The number of rotatable bonds is 2. The van der Waals surface area contributed by atoms with E-state index in [0.717, 1.165) is 0 Å². The second kappa shape index (κ2) is 5.52. The summed E-state index contributed by atoms with van der Waals surface area (Å²) < 4.78 is 0. The van der Waals surface area contributed by atoms with Crippen molar-refractivity contribution in [1.82, 2.24) is 0 Å². The van der Waals surface area contributed by atoms with E-state index in [1.54, 1.807) is 0 Å². The van der Waals surface area contributed by atoms with E-state index in [1.807, 2.05) is 11.2 Å². The summed E-state index contributed by atoms with van der Waals surface area (Å²) in [5.41, 5.74) is 2.23. The van der Waals surface area contributed by atoms with Gasteiger partial charge in [-0.1, -0.05) is 6.08 Å². The molecule has 3 heteroatoms. The molecule has 0 nitrogen and oxygen atoms in total. The molecule has 0 aliphatic rings. The third-order valence-corrected chi connectivity index (χ3v) is 2.50. The monoisotopic (exact) mass is 134 g/mol. The summed E-state index contributed by atoms with van der Waals surface area (Å²) in [4.78, 5) is 0. The first-order valence-electron chi connectivity index (χ1n) is 2.02. The Labute approximate surface area is 48.9 Å². The van der Waals surface area contributed by atoms with Gasteiger partial charge in [-0.05, 0) is 0 Å². The molecule has 0 radical (unpaired) electrons. The van der Waals surface area contributed by atoms with Gasteiger partial charge in [-0.15, -0.1) is 5.70 Å². The van der Waals surface area contributed by atoms with E-state index in [-0.39, 0.29) is 0 Å². The third kappa shape index (κ3) is 4.52. The highest BCUT2D eigenvalue weighted by Gasteiger charge is 1.64. The van der Waals surface area contributed by atoms with Crippen molar-refractivity contribution in [3.8, 4) is 0 Å². The van der Waals surface area contributed by atoms with Crippen LogP contribution in [0.1, 0.15) is 0 Å². The Morgan fingerprint density at radius 2 is 2.33 bits per heavy atom. The quantitative estimate of drug-likeness (QED) is 0.431. The van der Waals surface area contributed by atoms with Crippen molar-refractivity contribution in [2.75, 3.05) is 5.75 Å². The Balaban J connectivity index is 2.66. The highest BCUT2D eigenvalue weighted by molar-refractivity contribution is 8.19. The molecule has 6 heavy (non-hydrogen) atoms. The summed E-state index contributed by atoms with van der Waals surface area (Å²) >= 11 is 2.00. The maximum atomic E-state index is 2.24. The highest BCUT2D eigenvalue weighted by Crippen LogP contribution is 1.86. The lowest BCUT2D eigenvalue weighted by Crippen LogP contribution is -1.64. The molecule has 0 saturated carbocycles. The third-order valence-electron chi connectivity index (χ3n) is 0.499. The Hall–Kier alpha value is 0.524. The topological polar surface area (TPSA) is 0 Å². The van der Waals surface area contributed by atoms with Crippen molar-refractivity contribution in [2.45, 2.75) is 0 Å². The van der Waals surface area contributed by atoms with Gasteiger partial charge < -0.3 is 0 Å². The van der Waals surface area contributed by atoms with E-state index in [0.29, 0.717) is 0 Å². The van der Waals surface area contributed by atoms with E-state index in [2.05, 4.69) is 11.8 Å². The fourth-order valence-corrected chi connectivity index (χ4v) is 1.73. The Kier molecular flexibility index (Phi) is 6.01. The fraction of sp³-hybridized carbons (Fsp3) is 0.333. The minimum atomic E-state index is 1.22. The van der Waals surface area contributed by atoms with Crippen LogP contribution in [0.15, 0.2) is 11.8 Å². The van der Waals surface area contributed by atoms with Crippen LogP contribution in [-0.4, -0.2) is 25.4 Å². The summed E-state index contributed by atoms with van der Waals surface area (Å²) in [6.45, 7) is 0. The fourth-order valence-electron chi connectivity index (χ4n) is 0.192. The predicted octanol–water partition coefficient (Wildman–Crippen LogP) is -1.12. The van der Waals surface area contributed by atoms with Gasteiger partial charge in [0.15, 0.2) is 0 Å². The zero-order valence-corrected chi connectivity index (χ0v) is 9.09. The van der Waals surface area contributed by atoms with Crippen molar-refractivity contribution in [2.24, 2.45) is 0 Å². The standard InChI is InChI=1S/C3H10SSi2/c5-3-1-2-4-6/h1,3H,2H2,5-6H3. The van der Waals surface area contributed by atoms with Crippen LogP contribution in [0.2, 0.25) is 0 Å². The molecule has 0 aromatic rings. The van der Waals surface area contributed by atoms with Crippen LogP contribution < -0.4 is 0 Å². The molecule has 0 rings (SSSR count). The Morgan fingerprint density at radius 3 is 2.50 bits per heavy atom. The first kappa shape index (κ1) is 6.52. The molecule has 0 amide bonds. The van der Waals surface area contributed by atoms with Gasteiger partial charge in [-0.25, -0.2) is 0 Å². The predicted molar refractivity (Wildman–Crippen MR) is 41.5 cm³/mol. The summed E-state index contributed by atoms with van der Waals surface area (Å²) in [7, 11) is 2.51. The van der Waals surface area contributed by atoms with E-state index in [1.165, 1.54) is 25.4 Å². The van der Waals surface area contributed by atoms with E-state index >= 15 is 0 Å². The molecular formula is C3H10SSi2. The highest BCUT2D eigenvalue weighted by atomic mass is 32.4. The molecule has 0 saturated heterocycles. The molecular weight excluding hydrogens is 124 g/mol. The molecule has 0 aromatic heterocycles. The molecule has 0 N–H and O–H groups in total. The van der Waals surface area contributed by atoms with Crippen LogP contribution in [0, 0.1) is 0 Å². The lowest BCUT2D eigenvalue weighted by atomic mass is 10.8. The lowest BCUT2D eigenvalue weighted by molar-refractivity contribution is 1.83. The maximum Gasteiger partial charge on any atom is 0.0698 e.